The van der Waals surface area contributed by atoms with Crippen LogP contribution in [-0.4, -0.2) is 24.8 Å². The van der Waals surface area contributed by atoms with Crippen LogP contribution in [0, 0.1) is 0 Å². The van der Waals surface area contributed by atoms with Gasteiger partial charge in [0.15, 0.2) is 0 Å². The Morgan fingerprint density at radius 1 is 1.41 bits per heavy atom. The van der Waals surface area contributed by atoms with Crippen LogP contribution in [0.2, 0.25) is 0 Å². The topological polar surface area (TPSA) is 55.6 Å². The molecule has 0 aliphatic carbocycles. The highest BCUT2D eigenvalue weighted by molar-refractivity contribution is 5.89. The van der Waals surface area contributed by atoms with Crippen LogP contribution in [0.5, 0.6) is 0 Å². The van der Waals surface area contributed by atoms with Gasteiger partial charge >= 0.3 is 6.09 Å². The van der Waals surface area contributed by atoms with Gasteiger partial charge in [-0.3, -0.25) is 4.90 Å². The molecular weight excluding hydrogens is 276 g/mol. The number of benzene rings is 1. The normalized spacial score (nSPS) is 16.1. The molecule has 0 fully saturated rings. The van der Waals surface area contributed by atoms with Gasteiger partial charge in [-0.05, 0) is 69.7 Å². The first-order valence-electron chi connectivity index (χ1n) is 8.15. The lowest BCUT2D eigenvalue weighted by atomic mass is 9.92. The summed E-state index contributed by atoms with van der Waals surface area (Å²) in [4.78, 5) is 14.2. The molecule has 0 bridgehead atoms. The van der Waals surface area contributed by atoms with Crippen molar-refractivity contribution in [1.29, 1.82) is 0 Å². The summed E-state index contributed by atoms with van der Waals surface area (Å²) >= 11 is 0. The van der Waals surface area contributed by atoms with Crippen molar-refractivity contribution in [2.24, 2.45) is 5.73 Å². The molecule has 0 saturated heterocycles. The van der Waals surface area contributed by atoms with Gasteiger partial charge in [0.2, 0.25) is 0 Å². The fourth-order valence-corrected chi connectivity index (χ4v) is 2.85. The van der Waals surface area contributed by atoms with Crippen molar-refractivity contribution in [3.05, 3.63) is 29.3 Å². The summed E-state index contributed by atoms with van der Waals surface area (Å²) in [6.45, 7) is 9.30. The standard InChI is InChI=1S/C18H28N2O2/c1-13(9-10-19)14-7-8-16-15(12-14)6-5-11-20(16)17(21)22-18(2,3)4/h7-8,12-13H,5-6,9-11,19H2,1-4H3. The van der Waals surface area contributed by atoms with Crippen LogP contribution in [0.1, 0.15) is 57.6 Å². The van der Waals surface area contributed by atoms with Gasteiger partial charge in [0.25, 0.3) is 0 Å². The first-order valence-corrected chi connectivity index (χ1v) is 8.15. The van der Waals surface area contributed by atoms with E-state index in [1.54, 1.807) is 4.90 Å². The minimum Gasteiger partial charge on any atom is -0.443 e. The van der Waals surface area contributed by atoms with E-state index in [0.29, 0.717) is 12.5 Å². The molecule has 4 heteroatoms. The molecule has 1 aromatic carbocycles. The lowest BCUT2D eigenvalue weighted by Gasteiger charge is -2.32. The smallest absolute Gasteiger partial charge is 0.414 e. The Kier molecular flexibility index (Phi) is 5.12. The Balaban J connectivity index is 2.22. The molecule has 0 aromatic heterocycles. The minimum atomic E-state index is -0.468. The highest BCUT2D eigenvalue weighted by Gasteiger charge is 2.27. The summed E-state index contributed by atoms with van der Waals surface area (Å²) in [6, 6.07) is 6.40. The Morgan fingerprint density at radius 3 is 2.77 bits per heavy atom. The summed E-state index contributed by atoms with van der Waals surface area (Å²) in [5, 5.41) is 0. The molecule has 1 atom stereocenters. The minimum absolute atomic E-state index is 0.254. The van der Waals surface area contributed by atoms with Gasteiger partial charge in [0.1, 0.15) is 5.60 Å². The third kappa shape index (κ3) is 4.01. The van der Waals surface area contributed by atoms with E-state index in [2.05, 4.69) is 25.1 Å². The number of rotatable bonds is 3. The van der Waals surface area contributed by atoms with E-state index in [4.69, 9.17) is 10.5 Å². The van der Waals surface area contributed by atoms with Gasteiger partial charge in [-0.1, -0.05) is 19.1 Å². The molecule has 1 aliphatic rings. The number of ether oxygens (including phenoxy) is 1. The first kappa shape index (κ1) is 16.8. The Labute approximate surface area is 133 Å². The molecule has 4 nitrogen and oxygen atoms in total. The number of hydrogen-bond acceptors (Lipinski definition) is 3. The Bertz CT molecular complexity index is 534. The molecule has 1 unspecified atom stereocenters. The van der Waals surface area contributed by atoms with Crippen LogP contribution >= 0.6 is 0 Å². The maximum atomic E-state index is 12.4. The number of fused-ring (bicyclic) bond motifs is 1. The molecule has 1 amide bonds. The Morgan fingerprint density at radius 2 is 2.14 bits per heavy atom. The molecule has 1 heterocycles. The van der Waals surface area contributed by atoms with Crippen molar-refractivity contribution in [3.8, 4) is 0 Å². The van der Waals surface area contributed by atoms with Gasteiger partial charge in [-0.15, -0.1) is 0 Å². The van der Waals surface area contributed by atoms with Crippen LogP contribution in [0.3, 0.4) is 0 Å². The van der Waals surface area contributed by atoms with Gasteiger partial charge in [-0.25, -0.2) is 4.79 Å². The molecule has 1 aliphatic heterocycles. The number of nitrogens with two attached hydrogens (primary N) is 1. The molecule has 122 valence electrons. The fourth-order valence-electron chi connectivity index (χ4n) is 2.85. The van der Waals surface area contributed by atoms with Crippen molar-refractivity contribution < 1.29 is 9.53 Å². The van der Waals surface area contributed by atoms with Crippen molar-refractivity contribution >= 4 is 11.8 Å². The average Bonchev–Trinajstić information content (AvgIpc) is 2.44. The maximum Gasteiger partial charge on any atom is 0.414 e. The molecule has 2 N–H and O–H groups in total. The molecule has 2 rings (SSSR count). The summed E-state index contributed by atoms with van der Waals surface area (Å²) in [6.07, 6.45) is 2.71. The SMILES string of the molecule is CC(CCN)c1ccc2c(c1)CCCN2C(=O)OC(C)(C)C. The van der Waals surface area contributed by atoms with E-state index in [-0.39, 0.29) is 6.09 Å². The van der Waals surface area contributed by atoms with Crippen molar-refractivity contribution in [1.82, 2.24) is 0 Å². The van der Waals surface area contributed by atoms with Crippen LogP contribution in [-0.2, 0) is 11.2 Å². The highest BCUT2D eigenvalue weighted by atomic mass is 16.6. The lowest BCUT2D eigenvalue weighted by molar-refractivity contribution is 0.0578. The molecule has 1 aromatic rings. The predicted molar refractivity (Wildman–Crippen MR) is 90.4 cm³/mol. The van der Waals surface area contributed by atoms with Crippen molar-refractivity contribution in [3.63, 3.8) is 0 Å². The second-order valence-electron chi connectivity index (χ2n) is 7.10. The van der Waals surface area contributed by atoms with Crippen molar-refractivity contribution in [2.45, 2.75) is 58.5 Å². The second-order valence-corrected chi connectivity index (χ2v) is 7.10. The average molecular weight is 304 g/mol. The predicted octanol–water partition coefficient (Wildman–Crippen LogP) is 3.83. The number of hydrogen-bond donors (Lipinski definition) is 1. The van der Waals surface area contributed by atoms with E-state index in [1.807, 2.05) is 20.8 Å². The summed E-state index contributed by atoms with van der Waals surface area (Å²) in [5.74, 6) is 0.451. The fraction of sp³-hybridized carbons (Fsp3) is 0.611. The second kappa shape index (κ2) is 6.69. The maximum absolute atomic E-state index is 12.4. The summed E-state index contributed by atoms with van der Waals surface area (Å²) in [7, 11) is 0. The third-order valence-corrected chi connectivity index (χ3v) is 4.00. The van der Waals surface area contributed by atoms with Crippen LogP contribution in [0.15, 0.2) is 18.2 Å². The van der Waals surface area contributed by atoms with Gasteiger partial charge in [0.05, 0.1) is 5.69 Å². The zero-order chi connectivity index (χ0) is 16.3. The van der Waals surface area contributed by atoms with E-state index >= 15 is 0 Å². The number of carbonyl (C=O) groups excluding carboxylic acids is 1. The summed E-state index contributed by atoms with van der Waals surface area (Å²) < 4.78 is 5.52. The monoisotopic (exact) mass is 304 g/mol. The van der Waals surface area contributed by atoms with E-state index in [0.717, 1.165) is 31.5 Å². The lowest BCUT2D eigenvalue weighted by Crippen LogP contribution is -2.39. The first-order chi connectivity index (χ1) is 10.3. The molecule has 22 heavy (non-hydrogen) atoms. The quantitative estimate of drug-likeness (QED) is 0.923. The number of carbonyl (C=O) groups is 1. The largest absolute Gasteiger partial charge is 0.443 e. The Hall–Kier alpha value is -1.55. The third-order valence-electron chi connectivity index (χ3n) is 4.00. The number of anilines is 1. The zero-order valence-electron chi connectivity index (χ0n) is 14.2. The summed E-state index contributed by atoms with van der Waals surface area (Å²) in [5.41, 5.74) is 8.71. The van der Waals surface area contributed by atoms with Crippen molar-refractivity contribution in [2.75, 3.05) is 18.0 Å². The van der Waals surface area contributed by atoms with E-state index in [9.17, 15) is 4.79 Å². The molecular formula is C18H28N2O2. The van der Waals surface area contributed by atoms with E-state index < -0.39 is 5.60 Å². The molecule has 0 radical (unpaired) electrons. The number of nitrogens with zero attached hydrogens (tertiary/aromatic N) is 1. The van der Waals surface area contributed by atoms with Crippen LogP contribution in [0.25, 0.3) is 0 Å². The van der Waals surface area contributed by atoms with Crippen LogP contribution in [0.4, 0.5) is 10.5 Å². The zero-order valence-corrected chi connectivity index (χ0v) is 14.2. The van der Waals surface area contributed by atoms with E-state index in [1.165, 1.54) is 11.1 Å². The van der Waals surface area contributed by atoms with Gasteiger partial charge in [-0.2, -0.15) is 0 Å². The van der Waals surface area contributed by atoms with Gasteiger partial charge < -0.3 is 10.5 Å². The van der Waals surface area contributed by atoms with Gasteiger partial charge in [0, 0.05) is 6.54 Å². The number of amides is 1. The van der Waals surface area contributed by atoms with Crippen LogP contribution < -0.4 is 10.6 Å². The number of aryl methyl sites for hydroxylation is 1. The highest BCUT2D eigenvalue weighted by Crippen LogP contribution is 2.32. The molecule has 0 spiro atoms. The molecule has 0 saturated carbocycles.